The van der Waals surface area contributed by atoms with Crippen molar-refractivity contribution in [3.8, 4) is 0 Å². The highest BCUT2D eigenvalue weighted by Gasteiger charge is 2.32. The smallest absolute Gasteiger partial charge is 0.0195 e. The van der Waals surface area contributed by atoms with E-state index in [0.29, 0.717) is 11.5 Å². The molecule has 3 nitrogen and oxygen atoms in total. The maximum atomic E-state index is 3.50. The Bertz CT molecular complexity index is 223. The number of nitrogens with one attached hydrogen (secondary N) is 1. The van der Waals surface area contributed by atoms with Gasteiger partial charge in [-0.25, -0.2) is 0 Å². The van der Waals surface area contributed by atoms with Crippen LogP contribution in [0.25, 0.3) is 0 Å². The summed E-state index contributed by atoms with van der Waals surface area (Å²) in [7, 11) is 2.25. The zero-order valence-corrected chi connectivity index (χ0v) is 11.1. The highest BCUT2D eigenvalue weighted by Crippen LogP contribution is 2.27. The largest absolute Gasteiger partial charge is 0.316 e. The first-order valence-electron chi connectivity index (χ1n) is 6.72. The fourth-order valence-electron chi connectivity index (χ4n) is 3.15. The Balaban J connectivity index is 1.92. The van der Waals surface area contributed by atoms with E-state index in [1.165, 1.54) is 52.1 Å². The van der Waals surface area contributed by atoms with Crippen molar-refractivity contribution in [2.45, 2.75) is 32.7 Å². The second kappa shape index (κ2) is 5.03. The highest BCUT2D eigenvalue weighted by atomic mass is 15.2. The third kappa shape index (κ3) is 2.96. The van der Waals surface area contributed by atoms with E-state index in [0.717, 1.165) is 0 Å². The van der Waals surface area contributed by atoms with Crippen molar-refractivity contribution in [2.24, 2.45) is 5.41 Å². The summed E-state index contributed by atoms with van der Waals surface area (Å²) in [6.07, 6.45) is 2.66. The minimum Gasteiger partial charge on any atom is -0.316 e. The zero-order chi connectivity index (χ0) is 11.6. The van der Waals surface area contributed by atoms with Gasteiger partial charge in [-0.3, -0.25) is 4.90 Å². The van der Waals surface area contributed by atoms with Gasteiger partial charge in [-0.05, 0) is 51.9 Å². The van der Waals surface area contributed by atoms with Gasteiger partial charge < -0.3 is 10.2 Å². The standard InChI is InChI=1S/C13H27N3/c1-12-9-15(3)7-4-8-16(12)11-13(2)5-6-14-10-13/h12,14H,4-11H2,1-3H3. The minimum absolute atomic E-state index is 0.511. The molecule has 0 aromatic carbocycles. The Morgan fingerprint density at radius 2 is 2.19 bits per heavy atom. The molecular formula is C13H27N3. The van der Waals surface area contributed by atoms with Crippen LogP contribution in [0.5, 0.6) is 0 Å². The molecule has 2 aliphatic rings. The molecule has 0 spiro atoms. The van der Waals surface area contributed by atoms with Crippen LogP contribution in [0.3, 0.4) is 0 Å². The lowest BCUT2D eigenvalue weighted by atomic mass is 9.88. The molecule has 2 rings (SSSR count). The Kier molecular flexibility index (Phi) is 3.88. The van der Waals surface area contributed by atoms with Crippen molar-refractivity contribution in [3.63, 3.8) is 0 Å². The first-order chi connectivity index (χ1) is 7.59. The van der Waals surface area contributed by atoms with Crippen LogP contribution in [-0.4, -0.2) is 62.2 Å². The van der Waals surface area contributed by atoms with E-state index in [-0.39, 0.29) is 0 Å². The van der Waals surface area contributed by atoms with Gasteiger partial charge in [0.05, 0.1) is 0 Å². The molecule has 2 unspecified atom stereocenters. The van der Waals surface area contributed by atoms with Gasteiger partial charge in [0.1, 0.15) is 0 Å². The van der Waals surface area contributed by atoms with Crippen molar-refractivity contribution in [1.82, 2.24) is 15.1 Å². The molecule has 0 saturated carbocycles. The van der Waals surface area contributed by atoms with Gasteiger partial charge in [0.2, 0.25) is 0 Å². The summed E-state index contributed by atoms with van der Waals surface area (Å²) in [6, 6.07) is 0.713. The van der Waals surface area contributed by atoms with E-state index in [1.54, 1.807) is 0 Å². The summed E-state index contributed by atoms with van der Waals surface area (Å²) in [6.45, 7) is 12.3. The third-order valence-corrected chi connectivity index (χ3v) is 4.23. The van der Waals surface area contributed by atoms with Crippen LogP contribution in [0, 0.1) is 5.41 Å². The van der Waals surface area contributed by atoms with Gasteiger partial charge in [0.15, 0.2) is 0 Å². The predicted molar refractivity (Wildman–Crippen MR) is 68.7 cm³/mol. The van der Waals surface area contributed by atoms with Crippen LogP contribution in [0.2, 0.25) is 0 Å². The first kappa shape index (κ1) is 12.3. The van der Waals surface area contributed by atoms with Crippen LogP contribution < -0.4 is 5.32 Å². The molecule has 0 aliphatic carbocycles. The molecule has 2 aliphatic heterocycles. The van der Waals surface area contributed by atoms with E-state index in [2.05, 4.69) is 36.0 Å². The van der Waals surface area contributed by atoms with Gasteiger partial charge in [0, 0.05) is 25.7 Å². The maximum Gasteiger partial charge on any atom is 0.0195 e. The van der Waals surface area contributed by atoms with Gasteiger partial charge in [-0.15, -0.1) is 0 Å². The highest BCUT2D eigenvalue weighted by molar-refractivity contribution is 4.89. The average Bonchev–Trinajstić information content (AvgIpc) is 2.57. The summed E-state index contributed by atoms with van der Waals surface area (Å²) < 4.78 is 0. The van der Waals surface area contributed by atoms with E-state index in [9.17, 15) is 0 Å². The molecule has 0 bridgehead atoms. The number of likely N-dealkylation sites (N-methyl/N-ethyl adjacent to an activating group) is 1. The maximum absolute atomic E-state index is 3.50. The number of rotatable bonds is 2. The van der Waals surface area contributed by atoms with Crippen molar-refractivity contribution in [1.29, 1.82) is 0 Å². The molecule has 16 heavy (non-hydrogen) atoms. The first-order valence-corrected chi connectivity index (χ1v) is 6.72. The molecule has 2 fully saturated rings. The average molecular weight is 225 g/mol. The number of nitrogens with zero attached hydrogens (tertiary/aromatic N) is 2. The minimum atomic E-state index is 0.511. The lowest BCUT2D eigenvalue weighted by Gasteiger charge is -2.35. The van der Waals surface area contributed by atoms with Crippen molar-refractivity contribution >= 4 is 0 Å². The summed E-state index contributed by atoms with van der Waals surface area (Å²) in [5.74, 6) is 0. The molecule has 1 N–H and O–H groups in total. The van der Waals surface area contributed by atoms with E-state index in [4.69, 9.17) is 0 Å². The number of hydrogen-bond donors (Lipinski definition) is 1. The molecule has 0 amide bonds. The quantitative estimate of drug-likeness (QED) is 0.757. The summed E-state index contributed by atoms with van der Waals surface area (Å²) >= 11 is 0. The fraction of sp³-hybridized carbons (Fsp3) is 1.00. The monoisotopic (exact) mass is 225 g/mol. The molecule has 0 aromatic heterocycles. The lowest BCUT2D eigenvalue weighted by molar-refractivity contribution is 0.136. The van der Waals surface area contributed by atoms with Gasteiger partial charge >= 0.3 is 0 Å². The molecular weight excluding hydrogens is 198 g/mol. The summed E-state index contributed by atoms with van der Waals surface area (Å²) in [4.78, 5) is 5.18. The van der Waals surface area contributed by atoms with Gasteiger partial charge in [0.25, 0.3) is 0 Å². The van der Waals surface area contributed by atoms with E-state index in [1.807, 2.05) is 0 Å². The van der Waals surface area contributed by atoms with Crippen LogP contribution in [0.4, 0.5) is 0 Å². The Hall–Kier alpha value is -0.120. The van der Waals surface area contributed by atoms with Crippen LogP contribution in [-0.2, 0) is 0 Å². The van der Waals surface area contributed by atoms with Crippen LogP contribution in [0.1, 0.15) is 26.7 Å². The molecule has 0 radical (unpaired) electrons. The SMILES string of the molecule is CC1CN(C)CCCN1CC1(C)CCNC1. The second-order valence-corrected chi connectivity index (χ2v) is 6.17. The summed E-state index contributed by atoms with van der Waals surface area (Å²) in [5.41, 5.74) is 0.511. The Labute approximate surface area is 100 Å². The van der Waals surface area contributed by atoms with Gasteiger partial charge in [-0.2, -0.15) is 0 Å². The van der Waals surface area contributed by atoms with E-state index < -0.39 is 0 Å². The van der Waals surface area contributed by atoms with Crippen molar-refractivity contribution < 1.29 is 0 Å². The molecule has 94 valence electrons. The third-order valence-electron chi connectivity index (χ3n) is 4.23. The molecule has 2 saturated heterocycles. The van der Waals surface area contributed by atoms with E-state index >= 15 is 0 Å². The number of hydrogen-bond acceptors (Lipinski definition) is 3. The zero-order valence-electron chi connectivity index (χ0n) is 11.1. The van der Waals surface area contributed by atoms with Crippen LogP contribution in [0.15, 0.2) is 0 Å². The summed E-state index contributed by atoms with van der Waals surface area (Å²) in [5, 5.41) is 3.50. The molecule has 2 heterocycles. The Morgan fingerprint density at radius 1 is 1.38 bits per heavy atom. The van der Waals surface area contributed by atoms with Crippen LogP contribution >= 0.6 is 0 Å². The lowest BCUT2D eigenvalue weighted by Crippen LogP contribution is -2.44. The normalized spacial score (nSPS) is 38.8. The molecule has 3 heteroatoms. The van der Waals surface area contributed by atoms with Crippen molar-refractivity contribution in [3.05, 3.63) is 0 Å². The predicted octanol–water partition coefficient (Wildman–Crippen LogP) is 1.01. The second-order valence-electron chi connectivity index (χ2n) is 6.17. The topological polar surface area (TPSA) is 18.5 Å². The Morgan fingerprint density at radius 3 is 2.88 bits per heavy atom. The van der Waals surface area contributed by atoms with Crippen molar-refractivity contribution in [2.75, 3.05) is 46.3 Å². The van der Waals surface area contributed by atoms with Gasteiger partial charge in [-0.1, -0.05) is 6.92 Å². The fourth-order valence-corrected chi connectivity index (χ4v) is 3.15. The molecule has 2 atom stereocenters. The molecule has 0 aromatic rings.